The third-order valence-corrected chi connectivity index (χ3v) is 2.43. The van der Waals surface area contributed by atoms with E-state index in [1.165, 1.54) is 0 Å². The van der Waals surface area contributed by atoms with E-state index in [2.05, 4.69) is 40.5 Å². The first-order chi connectivity index (χ1) is 11.4. The number of rotatable bonds is 6. The molecule has 0 radical (unpaired) electrons. The second kappa shape index (κ2) is 10.3. The van der Waals surface area contributed by atoms with Crippen molar-refractivity contribution in [2.75, 3.05) is 30.8 Å². The van der Waals surface area contributed by atoms with Crippen molar-refractivity contribution in [2.45, 2.75) is 27.7 Å². The van der Waals surface area contributed by atoms with E-state index in [1.807, 2.05) is 27.7 Å². The molecule has 0 atom stereocenters. The van der Waals surface area contributed by atoms with E-state index in [0.717, 1.165) is 0 Å². The monoisotopic (exact) mass is 336 g/mol. The van der Waals surface area contributed by atoms with Gasteiger partial charge in [-0.2, -0.15) is 19.9 Å². The van der Waals surface area contributed by atoms with E-state index in [4.69, 9.17) is 16.2 Å². The first-order valence-electron chi connectivity index (χ1n) is 7.28. The molecule has 0 amide bonds. The van der Waals surface area contributed by atoms with Gasteiger partial charge in [-0.25, -0.2) is 9.97 Å². The fourth-order valence-electron chi connectivity index (χ4n) is 1.66. The first-order valence-corrected chi connectivity index (χ1v) is 7.28. The highest BCUT2D eigenvalue weighted by Crippen LogP contribution is 1.99. The minimum atomic E-state index is 0.177. The van der Waals surface area contributed by atoms with Gasteiger partial charge in [0.05, 0.1) is 13.4 Å². The number of hydrogen-bond acceptors (Lipinski definition) is 11. The zero-order chi connectivity index (χ0) is 17.9. The zero-order valence-electron chi connectivity index (χ0n) is 14.4. The van der Waals surface area contributed by atoms with Crippen LogP contribution in [0.2, 0.25) is 0 Å². The molecule has 0 aliphatic carbocycles. The van der Waals surface area contributed by atoms with Crippen LogP contribution in [0.25, 0.3) is 0 Å². The number of aromatic nitrogens is 6. The molecule has 0 fully saturated rings. The van der Waals surface area contributed by atoms with Gasteiger partial charge < -0.3 is 26.8 Å². The molecule has 11 nitrogen and oxygen atoms in total. The van der Waals surface area contributed by atoms with E-state index < -0.39 is 0 Å². The lowest BCUT2D eigenvalue weighted by atomic mass is 10.6. The molecule has 132 valence electrons. The SMILES string of the molecule is Cc1nc(C)nc(NCN)n1.Cc1nc(C)nc(NCOCN)n1. The maximum absolute atomic E-state index is 5.25. The Morgan fingerprint density at radius 1 is 0.708 bits per heavy atom. The molecule has 6 N–H and O–H groups in total. The summed E-state index contributed by atoms with van der Waals surface area (Å²) in [4.78, 5) is 24.2. The van der Waals surface area contributed by atoms with Crippen molar-refractivity contribution in [3.8, 4) is 0 Å². The van der Waals surface area contributed by atoms with Crippen LogP contribution in [-0.4, -0.2) is 50.0 Å². The highest BCUT2D eigenvalue weighted by molar-refractivity contribution is 5.23. The van der Waals surface area contributed by atoms with Crippen molar-refractivity contribution in [3.63, 3.8) is 0 Å². The van der Waals surface area contributed by atoms with Crippen molar-refractivity contribution in [1.82, 2.24) is 29.9 Å². The quantitative estimate of drug-likeness (QED) is 0.401. The van der Waals surface area contributed by atoms with Gasteiger partial charge >= 0.3 is 0 Å². The summed E-state index contributed by atoms with van der Waals surface area (Å²) in [6.45, 7) is 8.07. The van der Waals surface area contributed by atoms with Gasteiger partial charge in [0.15, 0.2) is 0 Å². The number of hydrogen-bond donors (Lipinski definition) is 4. The molecule has 2 aromatic heterocycles. The van der Waals surface area contributed by atoms with Gasteiger partial charge in [0.2, 0.25) is 11.9 Å². The van der Waals surface area contributed by atoms with Crippen LogP contribution in [0.3, 0.4) is 0 Å². The van der Waals surface area contributed by atoms with Gasteiger partial charge in [-0.3, -0.25) is 0 Å². The molecule has 2 heterocycles. The van der Waals surface area contributed by atoms with Crippen LogP contribution in [0.4, 0.5) is 11.9 Å². The maximum atomic E-state index is 5.25. The molecule has 0 unspecified atom stereocenters. The maximum Gasteiger partial charge on any atom is 0.227 e. The Bertz CT molecular complexity index is 596. The third-order valence-electron chi connectivity index (χ3n) is 2.43. The summed E-state index contributed by atoms with van der Waals surface area (Å²) in [6, 6.07) is 0. The normalized spacial score (nSPS) is 9.92. The highest BCUT2D eigenvalue weighted by atomic mass is 16.5. The van der Waals surface area contributed by atoms with Crippen LogP contribution in [0.5, 0.6) is 0 Å². The third kappa shape index (κ3) is 7.67. The van der Waals surface area contributed by atoms with Gasteiger partial charge in [0.1, 0.15) is 30.0 Å². The van der Waals surface area contributed by atoms with E-state index in [1.54, 1.807) is 0 Å². The van der Waals surface area contributed by atoms with E-state index >= 15 is 0 Å². The lowest BCUT2D eigenvalue weighted by molar-refractivity contribution is 0.159. The molecule has 0 bridgehead atoms. The van der Waals surface area contributed by atoms with Gasteiger partial charge in [0, 0.05) is 0 Å². The van der Waals surface area contributed by atoms with E-state index in [0.29, 0.717) is 48.6 Å². The molecule has 0 saturated carbocycles. The Labute approximate surface area is 140 Å². The van der Waals surface area contributed by atoms with Crippen LogP contribution in [0, 0.1) is 27.7 Å². The summed E-state index contributed by atoms with van der Waals surface area (Å²) < 4.78 is 4.88. The first kappa shape index (κ1) is 19.5. The average molecular weight is 336 g/mol. The molecule has 0 saturated heterocycles. The summed E-state index contributed by atoms with van der Waals surface area (Å²) in [6.07, 6.45) is 0. The molecule has 0 aliphatic rings. The largest absolute Gasteiger partial charge is 0.346 e. The summed E-state index contributed by atoms with van der Waals surface area (Å²) in [5.41, 5.74) is 10.4. The predicted octanol–water partition coefficient (Wildman–Crippen LogP) is -0.393. The molecule has 0 aromatic carbocycles. The topological polar surface area (TPSA) is 163 Å². The molecule has 0 spiro atoms. The Hall–Kier alpha value is -2.50. The second-order valence-electron chi connectivity index (χ2n) is 4.58. The summed E-state index contributed by atoms with van der Waals surface area (Å²) in [7, 11) is 0. The Kier molecular flexibility index (Phi) is 8.39. The van der Waals surface area contributed by atoms with Crippen molar-refractivity contribution >= 4 is 11.9 Å². The fourth-order valence-corrected chi connectivity index (χ4v) is 1.66. The zero-order valence-corrected chi connectivity index (χ0v) is 14.4. The van der Waals surface area contributed by atoms with E-state index in [-0.39, 0.29) is 6.73 Å². The van der Waals surface area contributed by atoms with E-state index in [9.17, 15) is 0 Å². The summed E-state index contributed by atoms with van der Waals surface area (Å²) >= 11 is 0. The van der Waals surface area contributed by atoms with Crippen molar-refractivity contribution in [2.24, 2.45) is 11.5 Å². The molecular weight excluding hydrogens is 312 g/mol. The number of nitrogens with one attached hydrogen (secondary N) is 2. The second-order valence-corrected chi connectivity index (χ2v) is 4.58. The molecule has 0 aliphatic heterocycles. The van der Waals surface area contributed by atoms with Crippen molar-refractivity contribution in [3.05, 3.63) is 23.3 Å². The lowest BCUT2D eigenvalue weighted by Gasteiger charge is -2.04. The molecule has 11 heteroatoms. The van der Waals surface area contributed by atoms with Crippen LogP contribution in [-0.2, 0) is 4.74 Å². The Balaban J connectivity index is 0.000000243. The minimum absolute atomic E-state index is 0.177. The number of aryl methyl sites for hydroxylation is 4. The van der Waals surface area contributed by atoms with Crippen LogP contribution < -0.4 is 22.1 Å². The van der Waals surface area contributed by atoms with Crippen molar-refractivity contribution in [1.29, 1.82) is 0 Å². The number of ether oxygens (including phenoxy) is 1. The lowest BCUT2D eigenvalue weighted by Crippen LogP contribution is -2.14. The van der Waals surface area contributed by atoms with Crippen molar-refractivity contribution < 1.29 is 4.74 Å². The Morgan fingerprint density at radius 2 is 1.12 bits per heavy atom. The molecule has 2 rings (SSSR count). The van der Waals surface area contributed by atoms with Gasteiger partial charge in [-0.1, -0.05) is 0 Å². The van der Waals surface area contributed by atoms with Crippen LogP contribution in [0.1, 0.15) is 23.3 Å². The van der Waals surface area contributed by atoms with Gasteiger partial charge in [-0.05, 0) is 27.7 Å². The van der Waals surface area contributed by atoms with Gasteiger partial charge in [-0.15, -0.1) is 0 Å². The minimum Gasteiger partial charge on any atom is -0.346 e. The molecule has 24 heavy (non-hydrogen) atoms. The van der Waals surface area contributed by atoms with Gasteiger partial charge in [0.25, 0.3) is 0 Å². The smallest absolute Gasteiger partial charge is 0.227 e. The predicted molar refractivity (Wildman–Crippen MR) is 89.9 cm³/mol. The number of anilines is 2. The molecule has 2 aromatic rings. The highest BCUT2D eigenvalue weighted by Gasteiger charge is 1.98. The van der Waals surface area contributed by atoms with Crippen LogP contribution in [0.15, 0.2) is 0 Å². The number of nitrogens with zero attached hydrogens (tertiary/aromatic N) is 6. The summed E-state index contributed by atoms with van der Waals surface area (Å²) in [5.74, 6) is 3.82. The fraction of sp³-hybridized carbons (Fsp3) is 0.538. The van der Waals surface area contributed by atoms with Crippen LogP contribution >= 0.6 is 0 Å². The standard InChI is InChI=1S/C7H13N5O.C6H11N5/c1-5-10-6(2)12-7(11-5)9-4-13-3-8;1-4-9-5(2)11-6(10-4)8-3-7/h3-4,8H2,1-2H3,(H,9,10,11,12);3,7H2,1-2H3,(H,8,9,10,11). The molecular formula is C13H24N10O. The Morgan fingerprint density at radius 3 is 1.50 bits per heavy atom. The summed E-state index contributed by atoms with van der Waals surface area (Å²) in [5, 5.41) is 5.67. The average Bonchev–Trinajstić information content (AvgIpc) is 2.46. The number of nitrogens with two attached hydrogens (primary N) is 2.